The molecule has 0 radical (unpaired) electrons. The van der Waals surface area contributed by atoms with Crippen LogP contribution in [0.2, 0.25) is 0 Å². The van der Waals surface area contributed by atoms with Gasteiger partial charge in [-0.25, -0.2) is 9.97 Å². The zero-order valence-corrected chi connectivity index (χ0v) is 14.6. The van der Waals surface area contributed by atoms with Crippen LogP contribution >= 0.6 is 0 Å². The molecule has 0 unspecified atom stereocenters. The van der Waals surface area contributed by atoms with E-state index in [1.165, 1.54) is 41.9 Å². The van der Waals surface area contributed by atoms with Gasteiger partial charge in [-0.05, 0) is 56.5 Å². The number of nitrogens with zero attached hydrogens (tertiary/aromatic N) is 5. The van der Waals surface area contributed by atoms with E-state index >= 15 is 0 Å². The molecule has 25 heavy (non-hydrogen) atoms. The van der Waals surface area contributed by atoms with Gasteiger partial charge < -0.3 is 0 Å². The van der Waals surface area contributed by atoms with Crippen molar-refractivity contribution in [3.05, 3.63) is 59.4 Å². The van der Waals surface area contributed by atoms with Crippen LogP contribution in [0.15, 0.2) is 36.8 Å². The van der Waals surface area contributed by atoms with E-state index in [0.29, 0.717) is 5.95 Å². The summed E-state index contributed by atoms with van der Waals surface area (Å²) in [6, 6.07) is 6.00. The molecule has 0 saturated carbocycles. The zero-order chi connectivity index (χ0) is 17.1. The van der Waals surface area contributed by atoms with Crippen molar-refractivity contribution in [2.45, 2.75) is 45.2 Å². The molecular formula is C19H24N6. The average molecular weight is 336 g/mol. The van der Waals surface area contributed by atoms with Gasteiger partial charge in [0.2, 0.25) is 5.95 Å². The van der Waals surface area contributed by atoms with Gasteiger partial charge in [0.05, 0.1) is 5.69 Å². The Kier molecular flexibility index (Phi) is 4.61. The first-order chi connectivity index (χ1) is 12.3. The lowest BCUT2D eigenvalue weighted by molar-refractivity contribution is 0.308. The maximum atomic E-state index is 4.59. The summed E-state index contributed by atoms with van der Waals surface area (Å²) >= 11 is 0. The number of hydrogen-bond donors (Lipinski definition) is 1. The van der Waals surface area contributed by atoms with Gasteiger partial charge in [-0.15, -0.1) is 0 Å². The Bertz CT molecular complexity index is 820. The fourth-order valence-corrected chi connectivity index (χ4v) is 3.60. The predicted molar refractivity (Wildman–Crippen MR) is 96.4 cm³/mol. The van der Waals surface area contributed by atoms with Crippen LogP contribution in [0.5, 0.6) is 0 Å². The molecule has 0 bridgehead atoms. The number of aryl methyl sites for hydroxylation is 1. The Morgan fingerprint density at radius 3 is 2.80 bits per heavy atom. The van der Waals surface area contributed by atoms with E-state index in [1.807, 2.05) is 22.9 Å². The van der Waals surface area contributed by atoms with Crippen molar-refractivity contribution in [1.82, 2.24) is 29.6 Å². The van der Waals surface area contributed by atoms with Crippen molar-refractivity contribution in [3.8, 4) is 5.95 Å². The molecule has 130 valence electrons. The molecule has 1 N–H and O–H groups in total. The second-order valence-corrected chi connectivity index (χ2v) is 6.78. The van der Waals surface area contributed by atoms with Gasteiger partial charge >= 0.3 is 0 Å². The van der Waals surface area contributed by atoms with Gasteiger partial charge in [0, 0.05) is 43.1 Å². The minimum Gasteiger partial charge on any atom is -0.295 e. The molecule has 0 amide bonds. The standard InChI is InChI=1S/C19H24N6/c1-24(14-18-16-8-3-2-4-9-17(16)22-23-18)13-15-7-5-12-25(15)19-20-10-6-11-21-19/h5-7,10-12H,2-4,8-9,13-14H2,1H3,(H,22,23). The van der Waals surface area contributed by atoms with E-state index in [1.54, 1.807) is 12.4 Å². The maximum absolute atomic E-state index is 4.59. The topological polar surface area (TPSA) is 62.6 Å². The van der Waals surface area contributed by atoms with Crippen molar-refractivity contribution in [1.29, 1.82) is 0 Å². The largest absolute Gasteiger partial charge is 0.295 e. The molecule has 0 aromatic carbocycles. The molecule has 0 saturated heterocycles. The molecule has 0 fully saturated rings. The second kappa shape index (κ2) is 7.19. The van der Waals surface area contributed by atoms with Crippen LogP contribution in [-0.4, -0.2) is 36.7 Å². The number of nitrogens with one attached hydrogen (secondary N) is 1. The highest BCUT2D eigenvalue weighted by Gasteiger charge is 2.17. The van der Waals surface area contributed by atoms with Gasteiger partial charge in [0.25, 0.3) is 0 Å². The van der Waals surface area contributed by atoms with Crippen LogP contribution in [0.3, 0.4) is 0 Å². The molecule has 6 heteroatoms. The Balaban J connectivity index is 1.48. The number of aromatic nitrogens is 5. The first kappa shape index (κ1) is 16.0. The molecule has 6 nitrogen and oxygen atoms in total. The van der Waals surface area contributed by atoms with Crippen molar-refractivity contribution in [2.24, 2.45) is 0 Å². The molecule has 0 atom stereocenters. The number of fused-ring (bicyclic) bond motifs is 1. The molecule has 4 rings (SSSR count). The van der Waals surface area contributed by atoms with E-state index in [-0.39, 0.29) is 0 Å². The molecule has 0 spiro atoms. The van der Waals surface area contributed by atoms with E-state index in [4.69, 9.17) is 0 Å². The van der Waals surface area contributed by atoms with Crippen LogP contribution in [0, 0.1) is 0 Å². The van der Waals surface area contributed by atoms with Gasteiger partial charge in [-0.3, -0.25) is 14.6 Å². The monoisotopic (exact) mass is 336 g/mol. The maximum Gasteiger partial charge on any atom is 0.233 e. The zero-order valence-electron chi connectivity index (χ0n) is 14.6. The molecule has 1 aliphatic carbocycles. The lowest BCUT2D eigenvalue weighted by Gasteiger charge is -2.17. The molecule has 3 aromatic heterocycles. The predicted octanol–water partition coefficient (Wildman–Crippen LogP) is 2.89. The summed E-state index contributed by atoms with van der Waals surface area (Å²) in [5.74, 6) is 0.713. The van der Waals surface area contributed by atoms with Crippen molar-refractivity contribution >= 4 is 0 Å². The summed E-state index contributed by atoms with van der Waals surface area (Å²) in [6.07, 6.45) is 11.7. The van der Waals surface area contributed by atoms with Gasteiger partial charge in [0.1, 0.15) is 0 Å². The van der Waals surface area contributed by atoms with Crippen LogP contribution < -0.4 is 0 Å². The summed E-state index contributed by atoms with van der Waals surface area (Å²) in [7, 11) is 2.14. The van der Waals surface area contributed by atoms with E-state index in [0.717, 1.165) is 25.9 Å². The summed E-state index contributed by atoms with van der Waals surface area (Å²) < 4.78 is 2.04. The van der Waals surface area contributed by atoms with Crippen LogP contribution in [-0.2, 0) is 25.9 Å². The molecule has 1 aliphatic rings. The Morgan fingerprint density at radius 2 is 1.92 bits per heavy atom. The Hall–Kier alpha value is -2.47. The molecule has 3 heterocycles. The van der Waals surface area contributed by atoms with E-state index in [9.17, 15) is 0 Å². The Morgan fingerprint density at radius 1 is 1.08 bits per heavy atom. The van der Waals surface area contributed by atoms with Gasteiger partial charge in [-0.2, -0.15) is 5.10 Å². The minimum atomic E-state index is 0.713. The fraction of sp³-hybridized carbons (Fsp3) is 0.421. The lowest BCUT2D eigenvalue weighted by atomic mass is 10.1. The summed E-state index contributed by atoms with van der Waals surface area (Å²) in [5.41, 5.74) is 5.18. The highest BCUT2D eigenvalue weighted by atomic mass is 15.2. The van der Waals surface area contributed by atoms with Crippen LogP contribution in [0.1, 0.15) is 41.9 Å². The highest BCUT2D eigenvalue weighted by Crippen LogP contribution is 2.23. The lowest BCUT2D eigenvalue weighted by Crippen LogP contribution is -2.20. The fourth-order valence-electron chi connectivity index (χ4n) is 3.60. The number of hydrogen-bond acceptors (Lipinski definition) is 4. The van der Waals surface area contributed by atoms with Crippen LogP contribution in [0.25, 0.3) is 5.95 Å². The average Bonchev–Trinajstić information content (AvgIpc) is 3.16. The third-order valence-corrected chi connectivity index (χ3v) is 4.84. The third kappa shape index (κ3) is 3.49. The molecular weight excluding hydrogens is 312 g/mol. The first-order valence-electron chi connectivity index (χ1n) is 8.98. The molecule has 0 aliphatic heterocycles. The van der Waals surface area contributed by atoms with Crippen molar-refractivity contribution in [3.63, 3.8) is 0 Å². The van der Waals surface area contributed by atoms with Crippen molar-refractivity contribution in [2.75, 3.05) is 7.05 Å². The normalized spacial score (nSPS) is 14.5. The number of aromatic amines is 1. The summed E-state index contributed by atoms with van der Waals surface area (Å²) in [4.78, 5) is 11.0. The number of rotatable bonds is 5. The first-order valence-corrected chi connectivity index (χ1v) is 8.98. The SMILES string of the molecule is CN(Cc1n[nH]c2c1CCCCC2)Cc1cccn1-c1ncccn1. The quantitative estimate of drug-likeness (QED) is 0.728. The van der Waals surface area contributed by atoms with Crippen LogP contribution in [0.4, 0.5) is 0 Å². The molecule has 3 aromatic rings. The van der Waals surface area contributed by atoms with Gasteiger partial charge in [-0.1, -0.05) is 6.42 Å². The smallest absolute Gasteiger partial charge is 0.233 e. The van der Waals surface area contributed by atoms with E-state index in [2.05, 4.69) is 38.2 Å². The van der Waals surface area contributed by atoms with E-state index < -0.39 is 0 Å². The highest BCUT2D eigenvalue weighted by molar-refractivity contribution is 5.27. The van der Waals surface area contributed by atoms with Gasteiger partial charge in [0.15, 0.2) is 0 Å². The third-order valence-electron chi connectivity index (χ3n) is 4.84. The number of H-pyrrole nitrogens is 1. The van der Waals surface area contributed by atoms with Crippen molar-refractivity contribution < 1.29 is 0 Å². The Labute approximate surface area is 147 Å². The second-order valence-electron chi connectivity index (χ2n) is 6.78. The minimum absolute atomic E-state index is 0.713. The summed E-state index contributed by atoms with van der Waals surface area (Å²) in [5, 5.41) is 7.86. The summed E-state index contributed by atoms with van der Waals surface area (Å²) in [6.45, 7) is 1.68.